The van der Waals surface area contributed by atoms with Crippen LogP contribution in [0.1, 0.15) is 25.5 Å². The quantitative estimate of drug-likeness (QED) is 0.832. The standard InChI is InChI=1S/C15H16N2OS2/c1-3-5-12(4-2)16-14(18)8-13-10-20-15(17-13)11-6-7-19-9-11/h2,6-7,9-10,12H,3,5,8H2,1H3,(H,16,18). The lowest BCUT2D eigenvalue weighted by atomic mass is 10.1. The van der Waals surface area contributed by atoms with Crippen LogP contribution in [-0.2, 0) is 11.2 Å². The van der Waals surface area contributed by atoms with E-state index in [4.69, 9.17) is 6.42 Å². The molecule has 1 unspecified atom stereocenters. The molecule has 0 bridgehead atoms. The monoisotopic (exact) mass is 304 g/mol. The van der Waals surface area contributed by atoms with Gasteiger partial charge in [-0.2, -0.15) is 11.3 Å². The number of carbonyl (C=O) groups is 1. The van der Waals surface area contributed by atoms with Crippen LogP contribution in [0, 0.1) is 12.3 Å². The van der Waals surface area contributed by atoms with Gasteiger partial charge in [-0.15, -0.1) is 17.8 Å². The van der Waals surface area contributed by atoms with E-state index >= 15 is 0 Å². The summed E-state index contributed by atoms with van der Waals surface area (Å²) in [5.74, 6) is 2.53. The van der Waals surface area contributed by atoms with Crippen molar-refractivity contribution in [3.05, 3.63) is 27.9 Å². The highest BCUT2D eigenvalue weighted by Gasteiger charge is 2.12. The minimum absolute atomic E-state index is 0.0661. The fourth-order valence-electron chi connectivity index (χ4n) is 1.80. The van der Waals surface area contributed by atoms with Crippen molar-refractivity contribution >= 4 is 28.6 Å². The predicted molar refractivity (Wildman–Crippen MR) is 84.8 cm³/mol. The third-order valence-corrected chi connectivity index (χ3v) is 4.40. The zero-order valence-electron chi connectivity index (χ0n) is 11.3. The Kier molecular flexibility index (Phi) is 5.33. The van der Waals surface area contributed by atoms with Gasteiger partial charge in [0.25, 0.3) is 0 Å². The first-order chi connectivity index (χ1) is 9.72. The maximum Gasteiger partial charge on any atom is 0.227 e. The van der Waals surface area contributed by atoms with E-state index in [1.807, 2.05) is 23.8 Å². The number of aromatic nitrogens is 1. The van der Waals surface area contributed by atoms with Crippen LogP contribution in [0.2, 0.25) is 0 Å². The smallest absolute Gasteiger partial charge is 0.227 e. The molecule has 0 aliphatic heterocycles. The van der Waals surface area contributed by atoms with Crippen molar-refractivity contribution in [1.29, 1.82) is 0 Å². The van der Waals surface area contributed by atoms with Crippen molar-refractivity contribution in [2.24, 2.45) is 0 Å². The lowest BCUT2D eigenvalue weighted by molar-refractivity contribution is -0.120. The summed E-state index contributed by atoms with van der Waals surface area (Å²) in [6.45, 7) is 2.05. The molecule has 0 saturated heterocycles. The molecule has 0 fully saturated rings. The molecule has 0 radical (unpaired) electrons. The van der Waals surface area contributed by atoms with Crippen molar-refractivity contribution in [2.45, 2.75) is 32.2 Å². The van der Waals surface area contributed by atoms with Gasteiger partial charge in [0.05, 0.1) is 18.2 Å². The Balaban J connectivity index is 1.94. The zero-order valence-corrected chi connectivity index (χ0v) is 12.9. The molecule has 2 aromatic heterocycles. The van der Waals surface area contributed by atoms with E-state index in [1.165, 1.54) is 0 Å². The van der Waals surface area contributed by atoms with Crippen molar-refractivity contribution < 1.29 is 4.79 Å². The van der Waals surface area contributed by atoms with Crippen LogP contribution >= 0.6 is 22.7 Å². The SMILES string of the molecule is C#CC(CCC)NC(=O)Cc1csc(-c2ccsc2)n1. The molecule has 2 heterocycles. The van der Waals surface area contributed by atoms with Gasteiger partial charge in [-0.3, -0.25) is 4.79 Å². The molecule has 0 aromatic carbocycles. The second kappa shape index (κ2) is 7.22. The van der Waals surface area contributed by atoms with E-state index in [0.29, 0.717) is 0 Å². The predicted octanol–water partition coefficient (Wildman–Crippen LogP) is 3.33. The van der Waals surface area contributed by atoms with Gasteiger partial charge < -0.3 is 5.32 Å². The molecule has 0 aliphatic rings. The van der Waals surface area contributed by atoms with Gasteiger partial charge in [-0.1, -0.05) is 19.3 Å². The average molecular weight is 304 g/mol. The summed E-state index contributed by atoms with van der Waals surface area (Å²) >= 11 is 3.20. The molecule has 5 heteroatoms. The Hall–Kier alpha value is -1.64. The summed E-state index contributed by atoms with van der Waals surface area (Å²) in [6.07, 6.45) is 7.43. The number of amides is 1. The van der Waals surface area contributed by atoms with Crippen molar-refractivity contribution in [3.63, 3.8) is 0 Å². The van der Waals surface area contributed by atoms with Gasteiger partial charge in [0.15, 0.2) is 0 Å². The van der Waals surface area contributed by atoms with Crippen LogP contribution in [0.3, 0.4) is 0 Å². The lowest BCUT2D eigenvalue weighted by Gasteiger charge is -2.11. The number of terminal acetylenes is 1. The molecule has 1 amide bonds. The van der Waals surface area contributed by atoms with E-state index in [2.05, 4.69) is 21.6 Å². The largest absolute Gasteiger partial charge is 0.342 e. The molecule has 20 heavy (non-hydrogen) atoms. The first-order valence-electron chi connectivity index (χ1n) is 6.45. The molecule has 1 N–H and O–H groups in total. The second-order valence-corrected chi connectivity index (χ2v) is 6.05. The Morgan fingerprint density at radius 2 is 2.40 bits per heavy atom. The van der Waals surface area contributed by atoms with Gasteiger partial charge in [0.1, 0.15) is 5.01 Å². The highest BCUT2D eigenvalue weighted by molar-refractivity contribution is 7.14. The first kappa shape index (κ1) is 14.8. The summed E-state index contributed by atoms with van der Waals surface area (Å²) in [6, 6.07) is 1.85. The van der Waals surface area contributed by atoms with Gasteiger partial charge in [0, 0.05) is 16.3 Å². The number of hydrogen-bond acceptors (Lipinski definition) is 4. The molecule has 0 saturated carbocycles. The van der Waals surface area contributed by atoms with Crippen molar-refractivity contribution in [2.75, 3.05) is 0 Å². The maximum atomic E-state index is 11.9. The van der Waals surface area contributed by atoms with Crippen LogP contribution in [0.5, 0.6) is 0 Å². The minimum atomic E-state index is -0.178. The molecule has 1 atom stereocenters. The van der Waals surface area contributed by atoms with E-state index in [0.717, 1.165) is 29.1 Å². The summed E-state index contributed by atoms with van der Waals surface area (Å²) in [7, 11) is 0. The molecule has 0 spiro atoms. The number of rotatable bonds is 6. The number of hydrogen-bond donors (Lipinski definition) is 1. The second-order valence-electron chi connectivity index (χ2n) is 4.41. The fraction of sp³-hybridized carbons (Fsp3) is 0.333. The van der Waals surface area contributed by atoms with Crippen LogP contribution in [0.4, 0.5) is 0 Å². The molecule has 3 nitrogen and oxygen atoms in total. The Labute approximate surface area is 127 Å². The Morgan fingerprint density at radius 3 is 3.05 bits per heavy atom. The summed E-state index contributed by atoms with van der Waals surface area (Å²) in [4.78, 5) is 16.4. The average Bonchev–Trinajstić information content (AvgIpc) is 3.08. The Morgan fingerprint density at radius 1 is 1.55 bits per heavy atom. The van der Waals surface area contributed by atoms with E-state index in [1.54, 1.807) is 22.7 Å². The van der Waals surface area contributed by atoms with Gasteiger partial charge in [-0.05, 0) is 17.9 Å². The number of thiophene rings is 1. The Bertz CT molecular complexity index is 596. The highest BCUT2D eigenvalue weighted by Crippen LogP contribution is 2.25. The fourth-order valence-corrected chi connectivity index (χ4v) is 3.33. The highest BCUT2D eigenvalue weighted by atomic mass is 32.1. The summed E-state index contributed by atoms with van der Waals surface area (Å²) in [5, 5.41) is 9.81. The van der Waals surface area contributed by atoms with Crippen LogP contribution < -0.4 is 5.32 Å². The number of nitrogens with zero attached hydrogens (tertiary/aromatic N) is 1. The molecular weight excluding hydrogens is 288 g/mol. The normalized spacial score (nSPS) is 11.8. The number of nitrogens with one attached hydrogen (secondary N) is 1. The lowest BCUT2D eigenvalue weighted by Crippen LogP contribution is -2.34. The van der Waals surface area contributed by atoms with Crippen LogP contribution in [-0.4, -0.2) is 16.9 Å². The minimum Gasteiger partial charge on any atom is -0.342 e. The van der Waals surface area contributed by atoms with Crippen LogP contribution in [0.15, 0.2) is 22.2 Å². The number of thiazole rings is 1. The molecule has 2 rings (SSSR count). The zero-order chi connectivity index (χ0) is 14.4. The van der Waals surface area contributed by atoms with E-state index in [-0.39, 0.29) is 18.4 Å². The van der Waals surface area contributed by atoms with Crippen molar-refractivity contribution in [3.8, 4) is 22.9 Å². The van der Waals surface area contributed by atoms with E-state index in [9.17, 15) is 4.79 Å². The maximum absolute atomic E-state index is 11.9. The first-order valence-corrected chi connectivity index (χ1v) is 8.27. The van der Waals surface area contributed by atoms with Crippen LogP contribution in [0.25, 0.3) is 10.6 Å². The van der Waals surface area contributed by atoms with E-state index < -0.39 is 0 Å². The molecule has 104 valence electrons. The summed E-state index contributed by atoms with van der Waals surface area (Å²) in [5.41, 5.74) is 1.90. The molecule has 2 aromatic rings. The van der Waals surface area contributed by atoms with Crippen molar-refractivity contribution in [1.82, 2.24) is 10.3 Å². The third-order valence-electron chi connectivity index (χ3n) is 2.78. The molecular formula is C15H16N2OS2. The number of carbonyl (C=O) groups excluding carboxylic acids is 1. The van der Waals surface area contributed by atoms with Gasteiger partial charge >= 0.3 is 0 Å². The van der Waals surface area contributed by atoms with Gasteiger partial charge in [-0.25, -0.2) is 4.98 Å². The topological polar surface area (TPSA) is 42.0 Å². The third kappa shape index (κ3) is 3.92. The van der Waals surface area contributed by atoms with Gasteiger partial charge in [0.2, 0.25) is 5.91 Å². The molecule has 0 aliphatic carbocycles. The summed E-state index contributed by atoms with van der Waals surface area (Å²) < 4.78 is 0.